The standard InChI is InChI=1S/C22H27N3O4S/c1-16-3-5-18(6-4-16)15-30(28,29)25-13-11-19(12-14-25)22(27)24-21-9-7-20(8-10-21)23-17(2)26/h3-10,19H,11-15H2,1-2H3,(H,23,26)(H,24,27). The van der Waals surface area contributed by atoms with Gasteiger partial charge in [0, 0.05) is 37.3 Å². The van der Waals surface area contributed by atoms with Gasteiger partial charge in [0.15, 0.2) is 0 Å². The molecule has 0 saturated carbocycles. The van der Waals surface area contributed by atoms with Crippen LogP contribution in [0.1, 0.15) is 30.9 Å². The van der Waals surface area contributed by atoms with Crippen molar-refractivity contribution in [3.63, 3.8) is 0 Å². The number of carbonyl (C=O) groups is 2. The van der Waals surface area contributed by atoms with Gasteiger partial charge in [-0.3, -0.25) is 9.59 Å². The number of piperidine rings is 1. The highest BCUT2D eigenvalue weighted by Crippen LogP contribution is 2.23. The Morgan fingerprint density at radius 1 is 0.933 bits per heavy atom. The molecular weight excluding hydrogens is 402 g/mol. The first-order valence-electron chi connectivity index (χ1n) is 9.95. The highest BCUT2D eigenvalue weighted by Gasteiger charge is 2.31. The van der Waals surface area contributed by atoms with Gasteiger partial charge in [0.1, 0.15) is 0 Å². The number of anilines is 2. The summed E-state index contributed by atoms with van der Waals surface area (Å²) >= 11 is 0. The molecule has 160 valence electrons. The van der Waals surface area contributed by atoms with Crippen molar-refractivity contribution in [2.45, 2.75) is 32.4 Å². The van der Waals surface area contributed by atoms with Gasteiger partial charge in [0.2, 0.25) is 21.8 Å². The number of aryl methyl sites for hydroxylation is 1. The second kappa shape index (κ2) is 9.40. The molecule has 2 aromatic rings. The van der Waals surface area contributed by atoms with Crippen molar-refractivity contribution < 1.29 is 18.0 Å². The van der Waals surface area contributed by atoms with E-state index in [4.69, 9.17) is 0 Å². The van der Waals surface area contributed by atoms with E-state index in [0.717, 1.165) is 11.1 Å². The molecule has 1 heterocycles. The van der Waals surface area contributed by atoms with Crippen molar-refractivity contribution >= 4 is 33.2 Å². The van der Waals surface area contributed by atoms with Crippen LogP contribution in [0.15, 0.2) is 48.5 Å². The fraction of sp³-hybridized carbons (Fsp3) is 0.364. The Morgan fingerprint density at radius 3 is 2.00 bits per heavy atom. The Morgan fingerprint density at radius 2 is 1.47 bits per heavy atom. The number of nitrogens with zero attached hydrogens (tertiary/aromatic N) is 1. The van der Waals surface area contributed by atoms with E-state index in [0.29, 0.717) is 37.3 Å². The average molecular weight is 430 g/mol. The highest BCUT2D eigenvalue weighted by molar-refractivity contribution is 7.88. The molecule has 0 radical (unpaired) electrons. The molecule has 0 aliphatic carbocycles. The lowest BCUT2D eigenvalue weighted by Crippen LogP contribution is -2.41. The van der Waals surface area contributed by atoms with Crippen molar-refractivity contribution in [3.05, 3.63) is 59.7 Å². The number of hydrogen-bond acceptors (Lipinski definition) is 4. The molecule has 2 amide bonds. The summed E-state index contributed by atoms with van der Waals surface area (Å²) in [5.74, 6) is -0.523. The van der Waals surface area contributed by atoms with Gasteiger partial charge in [-0.2, -0.15) is 0 Å². The van der Waals surface area contributed by atoms with Crippen LogP contribution in [0, 0.1) is 12.8 Å². The molecule has 30 heavy (non-hydrogen) atoms. The molecule has 1 fully saturated rings. The van der Waals surface area contributed by atoms with E-state index in [2.05, 4.69) is 10.6 Å². The number of amides is 2. The number of benzene rings is 2. The van der Waals surface area contributed by atoms with Gasteiger partial charge < -0.3 is 10.6 Å². The van der Waals surface area contributed by atoms with Crippen molar-refractivity contribution in [2.75, 3.05) is 23.7 Å². The molecule has 0 aromatic heterocycles. The molecule has 1 aliphatic heterocycles. The Kier molecular flexibility index (Phi) is 6.89. The number of carbonyl (C=O) groups excluding carboxylic acids is 2. The van der Waals surface area contributed by atoms with Gasteiger partial charge in [0.25, 0.3) is 0 Å². The predicted molar refractivity (Wildman–Crippen MR) is 117 cm³/mol. The van der Waals surface area contributed by atoms with Gasteiger partial charge in [-0.15, -0.1) is 0 Å². The lowest BCUT2D eigenvalue weighted by Gasteiger charge is -2.30. The zero-order valence-corrected chi connectivity index (χ0v) is 18.0. The number of rotatable bonds is 6. The molecule has 1 saturated heterocycles. The first-order chi connectivity index (χ1) is 14.2. The fourth-order valence-corrected chi connectivity index (χ4v) is 5.03. The van der Waals surface area contributed by atoms with E-state index >= 15 is 0 Å². The maximum Gasteiger partial charge on any atom is 0.227 e. The quantitative estimate of drug-likeness (QED) is 0.737. The lowest BCUT2D eigenvalue weighted by molar-refractivity contribution is -0.121. The number of nitrogens with one attached hydrogen (secondary N) is 2. The maximum atomic E-state index is 12.7. The normalized spacial score (nSPS) is 15.5. The molecular formula is C22H27N3O4S. The summed E-state index contributed by atoms with van der Waals surface area (Å²) in [5.41, 5.74) is 3.16. The van der Waals surface area contributed by atoms with Crippen LogP contribution in [0.5, 0.6) is 0 Å². The van der Waals surface area contributed by atoms with Gasteiger partial charge in [-0.25, -0.2) is 12.7 Å². The Hall–Kier alpha value is -2.71. The van der Waals surface area contributed by atoms with Crippen LogP contribution in [-0.4, -0.2) is 37.6 Å². The Labute approximate surface area is 177 Å². The first-order valence-corrected chi connectivity index (χ1v) is 11.6. The van der Waals surface area contributed by atoms with Crippen LogP contribution >= 0.6 is 0 Å². The van der Waals surface area contributed by atoms with Crippen LogP contribution in [0.3, 0.4) is 0 Å². The second-order valence-corrected chi connectivity index (χ2v) is 9.63. The fourth-order valence-electron chi connectivity index (χ4n) is 3.47. The van der Waals surface area contributed by atoms with Crippen molar-refractivity contribution in [1.29, 1.82) is 0 Å². The molecule has 0 atom stereocenters. The van der Waals surface area contributed by atoms with Crippen molar-refractivity contribution in [1.82, 2.24) is 4.31 Å². The topological polar surface area (TPSA) is 95.6 Å². The summed E-state index contributed by atoms with van der Waals surface area (Å²) in [4.78, 5) is 23.6. The minimum absolute atomic E-state index is 0.0230. The minimum atomic E-state index is -3.40. The SMILES string of the molecule is CC(=O)Nc1ccc(NC(=O)C2CCN(S(=O)(=O)Cc3ccc(C)cc3)CC2)cc1. The van der Waals surface area contributed by atoms with Crippen LogP contribution < -0.4 is 10.6 Å². The summed E-state index contributed by atoms with van der Waals surface area (Å²) in [5, 5.41) is 5.54. The molecule has 0 unspecified atom stereocenters. The summed E-state index contributed by atoms with van der Waals surface area (Å²) in [6.45, 7) is 4.08. The van der Waals surface area contributed by atoms with Crippen molar-refractivity contribution in [3.8, 4) is 0 Å². The van der Waals surface area contributed by atoms with Gasteiger partial charge >= 0.3 is 0 Å². The van der Waals surface area contributed by atoms with E-state index < -0.39 is 10.0 Å². The molecule has 0 bridgehead atoms. The van der Waals surface area contributed by atoms with Crippen molar-refractivity contribution in [2.24, 2.45) is 5.92 Å². The average Bonchev–Trinajstić information content (AvgIpc) is 2.71. The van der Waals surface area contributed by atoms with E-state index in [1.54, 1.807) is 24.3 Å². The summed E-state index contributed by atoms with van der Waals surface area (Å²) in [6, 6.07) is 14.4. The van der Waals surface area contributed by atoms with Crippen LogP contribution in [0.4, 0.5) is 11.4 Å². The van der Waals surface area contributed by atoms with Gasteiger partial charge in [-0.1, -0.05) is 29.8 Å². The second-order valence-electron chi connectivity index (χ2n) is 7.66. The molecule has 7 nitrogen and oxygen atoms in total. The molecule has 3 rings (SSSR count). The van der Waals surface area contributed by atoms with E-state index in [9.17, 15) is 18.0 Å². The highest BCUT2D eigenvalue weighted by atomic mass is 32.2. The first kappa shape index (κ1) is 22.0. The minimum Gasteiger partial charge on any atom is -0.326 e. The molecule has 8 heteroatoms. The third-order valence-electron chi connectivity index (χ3n) is 5.16. The Bertz CT molecular complexity index is 994. The molecule has 2 aromatic carbocycles. The predicted octanol–water partition coefficient (Wildman–Crippen LogP) is 3.13. The molecule has 0 spiro atoms. The van der Waals surface area contributed by atoms with E-state index in [1.807, 2.05) is 31.2 Å². The third kappa shape index (κ3) is 5.90. The summed E-state index contributed by atoms with van der Waals surface area (Å²) in [7, 11) is -3.40. The van der Waals surface area contributed by atoms with Crippen LogP contribution in [-0.2, 0) is 25.4 Å². The van der Waals surface area contributed by atoms with Gasteiger partial charge in [0.05, 0.1) is 5.75 Å². The zero-order valence-electron chi connectivity index (χ0n) is 17.2. The lowest BCUT2D eigenvalue weighted by atomic mass is 9.97. The maximum absolute atomic E-state index is 12.7. The van der Waals surface area contributed by atoms with E-state index in [1.165, 1.54) is 11.2 Å². The van der Waals surface area contributed by atoms with Crippen LogP contribution in [0.2, 0.25) is 0 Å². The third-order valence-corrected chi connectivity index (χ3v) is 7.01. The van der Waals surface area contributed by atoms with Crippen LogP contribution in [0.25, 0.3) is 0 Å². The monoisotopic (exact) mass is 429 g/mol. The van der Waals surface area contributed by atoms with E-state index in [-0.39, 0.29) is 23.5 Å². The molecule has 2 N–H and O–H groups in total. The smallest absolute Gasteiger partial charge is 0.227 e. The summed E-state index contributed by atoms with van der Waals surface area (Å²) in [6.07, 6.45) is 0.978. The largest absolute Gasteiger partial charge is 0.326 e. The molecule has 1 aliphatic rings. The number of hydrogen-bond donors (Lipinski definition) is 2. The van der Waals surface area contributed by atoms with Gasteiger partial charge in [-0.05, 0) is 49.6 Å². The summed E-state index contributed by atoms with van der Waals surface area (Å²) < 4.78 is 26.9. The Balaban J connectivity index is 1.52. The zero-order chi connectivity index (χ0) is 21.7. The number of sulfonamides is 1.